The minimum Gasteiger partial charge on any atom is -0.404 e. The minimum atomic E-state index is -3.68. The van der Waals surface area contributed by atoms with Gasteiger partial charge in [0.15, 0.2) is 0 Å². The van der Waals surface area contributed by atoms with Crippen molar-refractivity contribution >= 4 is 7.82 Å². The Kier molecular flexibility index (Phi) is 5.27. The summed E-state index contributed by atoms with van der Waals surface area (Å²) >= 11 is 0. The molecule has 0 radical (unpaired) electrons. The summed E-state index contributed by atoms with van der Waals surface area (Å²) < 4.78 is 42.0. The van der Waals surface area contributed by atoms with E-state index in [1.165, 1.54) is 0 Å². The Morgan fingerprint density at radius 3 is 1.89 bits per heavy atom. The van der Waals surface area contributed by atoms with Crippen molar-refractivity contribution in [2.45, 2.75) is 69.9 Å². The summed E-state index contributed by atoms with van der Waals surface area (Å²) in [6.45, 7) is 2.77. The molecule has 2 heterocycles. The molecule has 2 aliphatic heterocycles. The lowest BCUT2D eigenvalue weighted by atomic mass is 9.90. The smallest absolute Gasteiger partial charge is 0.404 e. The van der Waals surface area contributed by atoms with Crippen molar-refractivity contribution in [2.75, 3.05) is 13.2 Å². The van der Waals surface area contributed by atoms with Crippen LogP contribution in [-0.2, 0) is 23.1 Å². The van der Waals surface area contributed by atoms with E-state index in [1.807, 2.05) is 19.1 Å². The third-order valence-corrected chi connectivity index (χ3v) is 7.77. The Bertz CT molecular complexity index is 701. The molecule has 4 fully saturated rings. The van der Waals surface area contributed by atoms with E-state index in [1.54, 1.807) is 12.1 Å². The van der Waals surface area contributed by atoms with Gasteiger partial charge in [-0.05, 0) is 69.4 Å². The molecule has 4 aliphatic rings. The van der Waals surface area contributed by atoms with Crippen LogP contribution in [-0.4, -0.2) is 37.6 Å². The highest BCUT2D eigenvalue weighted by atomic mass is 31.2. The molecule has 0 aromatic heterocycles. The van der Waals surface area contributed by atoms with Gasteiger partial charge in [0.2, 0.25) is 0 Å². The van der Waals surface area contributed by atoms with E-state index >= 15 is 0 Å². The van der Waals surface area contributed by atoms with Gasteiger partial charge in [0.05, 0.1) is 37.6 Å². The first-order valence-electron chi connectivity index (χ1n) is 10.5. The van der Waals surface area contributed by atoms with Crippen molar-refractivity contribution in [2.24, 2.45) is 11.8 Å². The first-order valence-corrected chi connectivity index (χ1v) is 12.0. The number of epoxide rings is 2. The molecular formula is C21H29O6P. The molecule has 154 valence electrons. The first kappa shape index (κ1) is 19.1. The van der Waals surface area contributed by atoms with Gasteiger partial charge in [-0.25, -0.2) is 4.57 Å². The highest BCUT2D eigenvalue weighted by Gasteiger charge is 2.46. The van der Waals surface area contributed by atoms with Crippen molar-refractivity contribution < 1.29 is 27.6 Å². The summed E-state index contributed by atoms with van der Waals surface area (Å²) in [5, 5.41) is 0. The van der Waals surface area contributed by atoms with E-state index in [9.17, 15) is 4.57 Å². The van der Waals surface area contributed by atoms with Gasteiger partial charge in [-0.3, -0.25) is 9.05 Å². The zero-order chi connectivity index (χ0) is 19.1. The standard InChI is InChI=1S/C21H29O6P/c1-14-2-6-17(7-3-14)27-28(22,23-12-15-4-8-18-20(10-15)25-18)24-13-16-5-9-19-21(11-16)26-19/h2-3,6-7,15-16,18-21H,4-5,8-13H2,1H3. The van der Waals surface area contributed by atoms with Crippen LogP contribution < -0.4 is 4.52 Å². The van der Waals surface area contributed by atoms with Crippen LogP contribution in [0.25, 0.3) is 0 Å². The number of phosphoric ester groups is 1. The molecule has 2 saturated heterocycles. The van der Waals surface area contributed by atoms with Crippen LogP contribution in [0.15, 0.2) is 24.3 Å². The maximum Gasteiger partial charge on any atom is 0.530 e. The van der Waals surface area contributed by atoms with Gasteiger partial charge in [0, 0.05) is 0 Å². The number of rotatable bonds is 8. The average Bonchev–Trinajstić information content (AvgIpc) is 3.60. The molecule has 2 saturated carbocycles. The van der Waals surface area contributed by atoms with Gasteiger partial charge in [0.1, 0.15) is 5.75 Å². The quantitative estimate of drug-likeness (QED) is 0.461. The van der Waals surface area contributed by atoms with E-state index in [4.69, 9.17) is 23.0 Å². The maximum absolute atomic E-state index is 13.4. The number of fused-ring (bicyclic) bond motifs is 2. The van der Waals surface area contributed by atoms with Crippen LogP contribution in [0.5, 0.6) is 5.75 Å². The second-order valence-electron chi connectivity index (χ2n) is 8.73. The molecule has 1 aromatic rings. The number of phosphoric acid groups is 1. The average molecular weight is 408 g/mol. The van der Waals surface area contributed by atoms with Crippen LogP contribution in [0, 0.1) is 18.8 Å². The highest BCUT2D eigenvalue weighted by molar-refractivity contribution is 7.48. The van der Waals surface area contributed by atoms with Crippen LogP contribution in [0.3, 0.4) is 0 Å². The molecule has 0 amide bonds. The topological polar surface area (TPSA) is 69.8 Å². The molecule has 28 heavy (non-hydrogen) atoms. The van der Waals surface area contributed by atoms with Gasteiger partial charge in [-0.15, -0.1) is 0 Å². The molecule has 6 atom stereocenters. The summed E-state index contributed by atoms with van der Waals surface area (Å²) in [5.74, 6) is 1.20. The molecule has 6 unspecified atom stereocenters. The second-order valence-corrected chi connectivity index (χ2v) is 10.3. The summed E-state index contributed by atoms with van der Waals surface area (Å²) in [6, 6.07) is 7.47. The van der Waals surface area contributed by atoms with Crippen molar-refractivity contribution in [3.05, 3.63) is 29.8 Å². The number of hydrogen-bond donors (Lipinski definition) is 0. The SMILES string of the molecule is Cc1ccc(OP(=O)(OCC2CCC3OC3C2)OCC2CCC3OC3C2)cc1. The summed E-state index contributed by atoms with van der Waals surface area (Å²) in [4.78, 5) is 0. The van der Waals surface area contributed by atoms with Gasteiger partial charge >= 0.3 is 7.82 Å². The van der Waals surface area contributed by atoms with Crippen molar-refractivity contribution in [3.63, 3.8) is 0 Å². The van der Waals surface area contributed by atoms with Gasteiger partial charge < -0.3 is 14.0 Å². The van der Waals surface area contributed by atoms with Crippen molar-refractivity contribution in [1.82, 2.24) is 0 Å². The van der Waals surface area contributed by atoms with Gasteiger partial charge in [0.25, 0.3) is 0 Å². The summed E-state index contributed by atoms with van der Waals surface area (Å²) in [7, 11) is -3.68. The molecule has 7 heteroatoms. The lowest BCUT2D eigenvalue weighted by Gasteiger charge is -2.25. The minimum absolute atomic E-state index is 0.345. The molecular weight excluding hydrogens is 379 g/mol. The van der Waals surface area contributed by atoms with Gasteiger partial charge in [-0.1, -0.05) is 17.7 Å². The Morgan fingerprint density at radius 1 is 0.857 bits per heavy atom. The number of benzene rings is 1. The Hall–Kier alpha value is -0.910. The summed E-state index contributed by atoms with van der Waals surface area (Å²) in [6.07, 6.45) is 7.77. The predicted octanol–water partition coefficient (Wildman–Crippen LogP) is 4.65. The third-order valence-electron chi connectivity index (χ3n) is 6.40. The van der Waals surface area contributed by atoms with Crippen molar-refractivity contribution in [1.29, 1.82) is 0 Å². The fourth-order valence-corrected chi connectivity index (χ4v) is 5.83. The molecule has 2 aliphatic carbocycles. The van der Waals surface area contributed by atoms with Crippen LogP contribution in [0.1, 0.15) is 44.1 Å². The van der Waals surface area contributed by atoms with E-state index in [0.29, 0.717) is 55.2 Å². The molecule has 5 rings (SSSR count). The van der Waals surface area contributed by atoms with E-state index < -0.39 is 7.82 Å². The molecule has 0 spiro atoms. The zero-order valence-corrected chi connectivity index (χ0v) is 17.2. The lowest BCUT2D eigenvalue weighted by molar-refractivity contribution is 0.109. The van der Waals surface area contributed by atoms with Crippen LogP contribution in [0.2, 0.25) is 0 Å². The fourth-order valence-electron chi connectivity index (χ4n) is 4.49. The molecule has 0 N–H and O–H groups in total. The van der Waals surface area contributed by atoms with E-state index in [-0.39, 0.29) is 0 Å². The maximum atomic E-state index is 13.4. The van der Waals surface area contributed by atoms with Crippen LogP contribution >= 0.6 is 7.82 Å². The third kappa shape index (κ3) is 4.63. The number of aryl methyl sites for hydroxylation is 1. The van der Waals surface area contributed by atoms with Crippen LogP contribution in [0.4, 0.5) is 0 Å². The molecule has 1 aromatic carbocycles. The van der Waals surface area contributed by atoms with E-state index in [2.05, 4.69) is 0 Å². The first-order chi connectivity index (χ1) is 13.6. The van der Waals surface area contributed by atoms with Crippen molar-refractivity contribution in [3.8, 4) is 5.75 Å². The largest absolute Gasteiger partial charge is 0.530 e. The number of ether oxygens (including phenoxy) is 2. The summed E-state index contributed by atoms with van der Waals surface area (Å²) in [5.41, 5.74) is 1.12. The molecule has 0 bridgehead atoms. The Morgan fingerprint density at radius 2 is 1.39 bits per heavy atom. The normalized spacial score (nSPS) is 38.0. The zero-order valence-electron chi connectivity index (χ0n) is 16.3. The predicted molar refractivity (Wildman–Crippen MR) is 103 cm³/mol. The monoisotopic (exact) mass is 408 g/mol. The fraction of sp³-hybridized carbons (Fsp3) is 0.714. The molecule has 6 nitrogen and oxygen atoms in total. The number of hydrogen-bond acceptors (Lipinski definition) is 6. The highest BCUT2D eigenvalue weighted by Crippen LogP contribution is 2.52. The Balaban J connectivity index is 1.20. The Labute approximate surface area is 166 Å². The van der Waals surface area contributed by atoms with Gasteiger partial charge in [-0.2, -0.15) is 0 Å². The van der Waals surface area contributed by atoms with E-state index in [0.717, 1.165) is 44.1 Å². The lowest BCUT2D eigenvalue weighted by Crippen LogP contribution is -2.21. The second kappa shape index (κ2) is 7.73.